The van der Waals surface area contributed by atoms with E-state index in [1.165, 1.54) is 0 Å². The zero-order valence-corrected chi connectivity index (χ0v) is 12.0. The molecule has 0 atom stereocenters. The summed E-state index contributed by atoms with van der Waals surface area (Å²) in [6, 6.07) is 14.2. The van der Waals surface area contributed by atoms with Crippen molar-refractivity contribution in [3.8, 4) is 22.6 Å². The maximum absolute atomic E-state index is 4.49. The molecule has 0 unspecified atom stereocenters. The molecule has 0 aliphatic heterocycles. The molecule has 0 aliphatic rings. The predicted octanol–water partition coefficient (Wildman–Crippen LogP) is 3.16. The molecule has 3 heterocycles. The molecule has 5 heteroatoms. The third-order valence-corrected chi connectivity index (χ3v) is 3.52. The summed E-state index contributed by atoms with van der Waals surface area (Å²) in [4.78, 5) is 8.90. The normalized spacial score (nSPS) is 11.0. The van der Waals surface area contributed by atoms with Gasteiger partial charge in [0.1, 0.15) is 5.65 Å². The number of hydrogen-bond acceptors (Lipinski definition) is 4. The van der Waals surface area contributed by atoms with Gasteiger partial charge in [0.15, 0.2) is 5.82 Å². The smallest absolute Gasteiger partial charge is 0.182 e. The first kappa shape index (κ1) is 12.6. The van der Waals surface area contributed by atoms with E-state index < -0.39 is 0 Å². The molecule has 106 valence electrons. The van der Waals surface area contributed by atoms with Crippen LogP contribution in [-0.4, -0.2) is 24.6 Å². The first-order valence-corrected chi connectivity index (χ1v) is 7.00. The second-order valence-corrected chi connectivity index (χ2v) is 5.07. The van der Waals surface area contributed by atoms with Crippen LogP contribution in [0, 0.1) is 6.92 Å². The van der Waals surface area contributed by atoms with Crippen LogP contribution < -0.4 is 0 Å². The van der Waals surface area contributed by atoms with Gasteiger partial charge >= 0.3 is 0 Å². The Morgan fingerprint density at radius 3 is 2.64 bits per heavy atom. The number of hydrogen-bond donors (Lipinski definition) is 0. The molecule has 0 saturated carbocycles. The van der Waals surface area contributed by atoms with E-state index in [9.17, 15) is 0 Å². The molecule has 5 nitrogen and oxygen atoms in total. The standard InChI is InChI=1S/C17H13N5/c1-12-10-19-21-17(20-12)14-7-8-22-15(11-18-16(22)9-14)13-5-3-2-4-6-13/h2-11H,1H3. The van der Waals surface area contributed by atoms with Crippen molar-refractivity contribution < 1.29 is 0 Å². The number of nitrogens with zero attached hydrogens (tertiary/aromatic N) is 5. The maximum atomic E-state index is 4.49. The Bertz CT molecular complexity index is 944. The van der Waals surface area contributed by atoms with E-state index in [0.29, 0.717) is 5.82 Å². The van der Waals surface area contributed by atoms with E-state index in [1.807, 2.05) is 49.6 Å². The molecule has 0 amide bonds. The number of fused-ring (bicyclic) bond motifs is 1. The molecule has 4 aromatic rings. The monoisotopic (exact) mass is 287 g/mol. The fraction of sp³-hybridized carbons (Fsp3) is 0.0588. The van der Waals surface area contributed by atoms with Crippen molar-refractivity contribution in [2.24, 2.45) is 0 Å². The highest BCUT2D eigenvalue weighted by molar-refractivity contribution is 5.67. The largest absolute Gasteiger partial charge is 0.300 e. The third-order valence-electron chi connectivity index (χ3n) is 3.52. The summed E-state index contributed by atoms with van der Waals surface area (Å²) in [5.74, 6) is 0.617. The second-order valence-electron chi connectivity index (χ2n) is 5.07. The third kappa shape index (κ3) is 2.13. The molecule has 3 aromatic heterocycles. The average molecular weight is 287 g/mol. The van der Waals surface area contributed by atoms with Gasteiger partial charge in [0.25, 0.3) is 0 Å². The van der Waals surface area contributed by atoms with Crippen molar-refractivity contribution in [2.75, 3.05) is 0 Å². The van der Waals surface area contributed by atoms with Crippen molar-refractivity contribution in [3.05, 3.63) is 66.7 Å². The molecule has 4 rings (SSSR count). The molecule has 0 saturated heterocycles. The summed E-state index contributed by atoms with van der Waals surface area (Å²) in [5.41, 5.74) is 4.82. The number of benzene rings is 1. The summed E-state index contributed by atoms with van der Waals surface area (Å²) in [6.45, 7) is 1.90. The van der Waals surface area contributed by atoms with Gasteiger partial charge in [-0.05, 0) is 19.1 Å². The number of imidazole rings is 1. The van der Waals surface area contributed by atoms with Crippen LogP contribution in [-0.2, 0) is 0 Å². The Morgan fingerprint density at radius 1 is 0.955 bits per heavy atom. The van der Waals surface area contributed by atoms with Crippen molar-refractivity contribution in [3.63, 3.8) is 0 Å². The lowest BCUT2D eigenvalue weighted by atomic mass is 10.2. The lowest BCUT2D eigenvalue weighted by molar-refractivity contribution is 0.949. The molecule has 0 bridgehead atoms. The zero-order chi connectivity index (χ0) is 14.9. The van der Waals surface area contributed by atoms with Gasteiger partial charge in [-0.3, -0.25) is 4.40 Å². The number of rotatable bonds is 2. The van der Waals surface area contributed by atoms with Crippen molar-refractivity contribution in [2.45, 2.75) is 6.92 Å². The van der Waals surface area contributed by atoms with Crippen molar-refractivity contribution >= 4 is 5.65 Å². The highest BCUT2D eigenvalue weighted by Crippen LogP contribution is 2.23. The van der Waals surface area contributed by atoms with E-state index in [1.54, 1.807) is 6.20 Å². The summed E-state index contributed by atoms with van der Waals surface area (Å²) >= 11 is 0. The Morgan fingerprint density at radius 2 is 1.82 bits per heavy atom. The van der Waals surface area contributed by atoms with Gasteiger partial charge < -0.3 is 0 Å². The molecular weight excluding hydrogens is 274 g/mol. The molecule has 22 heavy (non-hydrogen) atoms. The quantitative estimate of drug-likeness (QED) is 0.568. The first-order chi connectivity index (χ1) is 10.8. The molecule has 0 radical (unpaired) electrons. The van der Waals surface area contributed by atoms with Gasteiger partial charge in [-0.1, -0.05) is 30.3 Å². The SMILES string of the molecule is Cc1cnnc(-c2ccn3c(-c4ccccc4)cnc3c2)n1. The summed E-state index contributed by atoms with van der Waals surface area (Å²) in [5, 5.41) is 8.04. The lowest BCUT2D eigenvalue weighted by Crippen LogP contribution is -1.95. The van der Waals surface area contributed by atoms with Crippen LogP contribution in [0.1, 0.15) is 5.69 Å². The molecule has 0 N–H and O–H groups in total. The number of aryl methyl sites for hydroxylation is 1. The van der Waals surface area contributed by atoms with Crippen molar-refractivity contribution in [1.82, 2.24) is 24.6 Å². The fourth-order valence-electron chi connectivity index (χ4n) is 2.45. The first-order valence-electron chi connectivity index (χ1n) is 7.00. The van der Waals surface area contributed by atoms with Crippen LogP contribution in [0.15, 0.2) is 61.1 Å². The van der Waals surface area contributed by atoms with Gasteiger partial charge in [0.2, 0.25) is 0 Å². The number of aromatic nitrogens is 5. The summed E-state index contributed by atoms with van der Waals surface area (Å²) in [6.07, 6.45) is 5.51. The van der Waals surface area contributed by atoms with Crippen LogP contribution >= 0.6 is 0 Å². The predicted molar refractivity (Wildman–Crippen MR) is 84.2 cm³/mol. The van der Waals surface area contributed by atoms with E-state index in [-0.39, 0.29) is 0 Å². The van der Waals surface area contributed by atoms with E-state index in [2.05, 4.69) is 36.7 Å². The van der Waals surface area contributed by atoms with Crippen LogP contribution in [0.5, 0.6) is 0 Å². The van der Waals surface area contributed by atoms with E-state index in [0.717, 1.165) is 28.2 Å². The molecule has 0 fully saturated rings. The van der Waals surface area contributed by atoms with Crippen LogP contribution in [0.4, 0.5) is 0 Å². The highest BCUT2D eigenvalue weighted by Gasteiger charge is 2.08. The van der Waals surface area contributed by atoms with Gasteiger partial charge in [0.05, 0.1) is 23.8 Å². The Hall–Kier alpha value is -3.08. The van der Waals surface area contributed by atoms with Crippen LogP contribution in [0.25, 0.3) is 28.3 Å². The van der Waals surface area contributed by atoms with Crippen molar-refractivity contribution in [1.29, 1.82) is 0 Å². The zero-order valence-electron chi connectivity index (χ0n) is 12.0. The second kappa shape index (κ2) is 5.04. The van der Waals surface area contributed by atoms with Gasteiger partial charge in [-0.2, -0.15) is 5.10 Å². The van der Waals surface area contributed by atoms with Gasteiger partial charge in [-0.15, -0.1) is 5.10 Å². The summed E-state index contributed by atoms with van der Waals surface area (Å²) in [7, 11) is 0. The van der Waals surface area contributed by atoms with E-state index >= 15 is 0 Å². The maximum Gasteiger partial charge on any atom is 0.182 e. The Balaban J connectivity index is 1.84. The van der Waals surface area contributed by atoms with Gasteiger partial charge in [0, 0.05) is 17.3 Å². The molecule has 0 spiro atoms. The summed E-state index contributed by atoms with van der Waals surface area (Å²) < 4.78 is 2.06. The minimum Gasteiger partial charge on any atom is -0.300 e. The topological polar surface area (TPSA) is 56.0 Å². The lowest BCUT2D eigenvalue weighted by Gasteiger charge is -2.04. The highest BCUT2D eigenvalue weighted by atomic mass is 15.1. The number of pyridine rings is 1. The molecule has 1 aromatic carbocycles. The minimum atomic E-state index is 0.617. The van der Waals surface area contributed by atoms with Gasteiger partial charge in [-0.25, -0.2) is 9.97 Å². The molecule has 0 aliphatic carbocycles. The molecular formula is C17H13N5. The minimum absolute atomic E-state index is 0.617. The van der Waals surface area contributed by atoms with E-state index in [4.69, 9.17) is 0 Å². The van der Waals surface area contributed by atoms with Crippen LogP contribution in [0.2, 0.25) is 0 Å². The Labute approximate surface area is 127 Å². The Kier molecular flexibility index (Phi) is 2.89. The fourth-order valence-corrected chi connectivity index (χ4v) is 2.45. The average Bonchev–Trinajstić information content (AvgIpc) is 2.99. The van der Waals surface area contributed by atoms with Crippen LogP contribution in [0.3, 0.4) is 0 Å².